The van der Waals surface area contributed by atoms with Crippen molar-refractivity contribution in [3.63, 3.8) is 0 Å². The van der Waals surface area contributed by atoms with Crippen LogP contribution in [0.2, 0.25) is 5.02 Å². The van der Waals surface area contributed by atoms with Crippen molar-refractivity contribution in [2.45, 2.75) is 13.1 Å². The molecule has 1 aromatic carbocycles. The molecule has 1 aromatic heterocycles. The summed E-state index contributed by atoms with van der Waals surface area (Å²) in [6, 6.07) is 5.82. The van der Waals surface area contributed by atoms with Gasteiger partial charge in [-0.05, 0) is 18.2 Å². The van der Waals surface area contributed by atoms with E-state index in [1.165, 1.54) is 0 Å². The van der Waals surface area contributed by atoms with Crippen LogP contribution in [0, 0.1) is 0 Å². The van der Waals surface area contributed by atoms with Crippen LogP contribution in [0.4, 0.5) is 11.4 Å². The maximum atomic E-state index is 8.82. The molecule has 0 aliphatic carbocycles. The van der Waals surface area contributed by atoms with Gasteiger partial charge in [0.15, 0.2) is 0 Å². The molecule has 0 bridgehead atoms. The van der Waals surface area contributed by atoms with Gasteiger partial charge in [0.05, 0.1) is 36.6 Å². The Bertz CT molecular complexity index is 570. The maximum Gasteiger partial charge on any atom is 0.102 e. The second-order valence-corrected chi connectivity index (χ2v) is 5.02. The van der Waals surface area contributed by atoms with Crippen LogP contribution in [0.5, 0.6) is 0 Å². The molecule has 0 unspecified atom stereocenters. The van der Waals surface area contributed by atoms with Crippen LogP contribution in [0.1, 0.15) is 5.69 Å². The highest BCUT2D eigenvalue weighted by Gasteiger charge is 2.05. The van der Waals surface area contributed by atoms with E-state index in [1.807, 2.05) is 37.2 Å². The smallest absolute Gasteiger partial charge is 0.102 e. The third-order valence-electron chi connectivity index (χ3n) is 2.82. The van der Waals surface area contributed by atoms with Gasteiger partial charge in [-0.25, -0.2) is 4.68 Å². The average molecular weight is 296 g/mol. The molecule has 2 N–H and O–H groups in total. The van der Waals surface area contributed by atoms with E-state index in [9.17, 15) is 0 Å². The molecule has 0 saturated carbocycles. The predicted molar refractivity (Wildman–Crippen MR) is 80.2 cm³/mol. The topological polar surface area (TPSA) is 66.2 Å². The van der Waals surface area contributed by atoms with E-state index in [0.717, 1.165) is 17.1 Å². The Labute approximate surface area is 123 Å². The molecule has 108 valence electrons. The maximum absolute atomic E-state index is 8.82. The van der Waals surface area contributed by atoms with Gasteiger partial charge >= 0.3 is 0 Å². The molecule has 0 saturated heterocycles. The number of nitrogens with zero attached hydrogens (tertiary/aromatic N) is 4. The Morgan fingerprint density at radius 1 is 1.40 bits per heavy atom. The van der Waals surface area contributed by atoms with Crippen LogP contribution in [0.15, 0.2) is 24.4 Å². The number of benzene rings is 1. The molecular formula is C13H18ClN5O. The lowest BCUT2D eigenvalue weighted by molar-refractivity contribution is 0.268. The third-order valence-corrected chi connectivity index (χ3v) is 3.12. The average Bonchev–Trinajstić information content (AvgIpc) is 2.84. The number of hydrogen-bond acceptors (Lipinski definition) is 5. The van der Waals surface area contributed by atoms with Crippen LogP contribution in [0.3, 0.4) is 0 Å². The van der Waals surface area contributed by atoms with Gasteiger partial charge in [0.25, 0.3) is 0 Å². The highest BCUT2D eigenvalue weighted by molar-refractivity contribution is 6.33. The SMILES string of the molecule is CN(C)c1ccc(NCc2cn(CCO)nn2)cc1Cl. The Kier molecular flexibility index (Phi) is 4.81. The molecule has 1 heterocycles. The summed E-state index contributed by atoms with van der Waals surface area (Å²) in [5, 5.41) is 20.7. The molecule has 0 spiro atoms. The lowest BCUT2D eigenvalue weighted by atomic mass is 10.2. The quantitative estimate of drug-likeness (QED) is 0.847. The molecule has 0 aliphatic heterocycles. The lowest BCUT2D eigenvalue weighted by Gasteiger charge is -2.15. The summed E-state index contributed by atoms with van der Waals surface area (Å²) in [7, 11) is 3.90. The van der Waals surface area contributed by atoms with E-state index < -0.39 is 0 Å². The fourth-order valence-corrected chi connectivity index (χ4v) is 2.15. The van der Waals surface area contributed by atoms with Gasteiger partial charge in [0.1, 0.15) is 5.69 Å². The van der Waals surface area contributed by atoms with Gasteiger partial charge in [-0.1, -0.05) is 16.8 Å². The first-order chi connectivity index (χ1) is 9.60. The van der Waals surface area contributed by atoms with Crippen LogP contribution in [0.25, 0.3) is 0 Å². The minimum absolute atomic E-state index is 0.0534. The van der Waals surface area contributed by atoms with Crippen LogP contribution in [-0.2, 0) is 13.1 Å². The lowest BCUT2D eigenvalue weighted by Crippen LogP contribution is -2.09. The summed E-state index contributed by atoms with van der Waals surface area (Å²) in [5.74, 6) is 0. The zero-order valence-corrected chi connectivity index (χ0v) is 12.3. The molecular weight excluding hydrogens is 278 g/mol. The summed E-state index contributed by atoms with van der Waals surface area (Å²) < 4.78 is 1.61. The summed E-state index contributed by atoms with van der Waals surface area (Å²) >= 11 is 6.21. The van der Waals surface area contributed by atoms with Crippen LogP contribution >= 0.6 is 11.6 Å². The molecule has 2 aromatic rings. The number of halogens is 1. The van der Waals surface area contributed by atoms with Gasteiger partial charge in [-0.2, -0.15) is 0 Å². The minimum atomic E-state index is 0.0534. The third kappa shape index (κ3) is 3.61. The van der Waals surface area contributed by atoms with Crippen molar-refractivity contribution in [3.05, 3.63) is 35.1 Å². The fraction of sp³-hybridized carbons (Fsp3) is 0.385. The Morgan fingerprint density at radius 2 is 2.20 bits per heavy atom. The van der Waals surface area contributed by atoms with Gasteiger partial charge in [-0.15, -0.1) is 5.10 Å². The highest BCUT2D eigenvalue weighted by atomic mass is 35.5. The van der Waals surface area contributed by atoms with Gasteiger partial charge in [0.2, 0.25) is 0 Å². The van der Waals surface area contributed by atoms with Crippen molar-refractivity contribution in [2.75, 3.05) is 30.9 Å². The predicted octanol–water partition coefficient (Wildman–Crippen LogP) is 1.60. The number of hydrogen-bond donors (Lipinski definition) is 2. The fourth-order valence-electron chi connectivity index (χ4n) is 1.80. The number of anilines is 2. The molecule has 0 aliphatic rings. The zero-order chi connectivity index (χ0) is 14.5. The van der Waals surface area contributed by atoms with E-state index in [-0.39, 0.29) is 6.61 Å². The minimum Gasteiger partial charge on any atom is -0.394 e. The highest BCUT2D eigenvalue weighted by Crippen LogP contribution is 2.27. The van der Waals surface area contributed by atoms with Crippen molar-refractivity contribution < 1.29 is 5.11 Å². The van der Waals surface area contributed by atoms with Crippen molar-refractivity contribution in [3.8, 4) is 0 Å². The molecule has 20 heavy (non-hydrogen) atoms. The molecule has 0 fully saturated rings. The van der Waals surface area contributed by atoms with Crippen molar-refractivity contribution in [2.24, 2.45) is 0 Å². The number of nitrogens with one attached hydrogen (secondary N) is 1. The van der Waals surface area contributed by atoms with E-state index in [0.29, 0.717) is 18.1 Å². The Balaban J connectivity index is 1.98. The second kappa shape index (κ2) is 6.58. The standard InChI is InChI=1S/C13H18ClN5O/c1-18(2)13-4-3-10(7-12(13)14)15-8-11-9-19(5-6-20)17-16-11/h3-4,7,9,15,20H,5-6,8H2,1-2H3. The van der Waals surface area contributed by atoms with E-state index >= 15 is 0 Å². The molecule has 0 radical (unpaired) electrons. The van der Waals surface area contributed by atoms with Gasteiger partial charge < -0.3 is 15.3 Å². The Hall–Kier alpha value is -1.79. The molecule has 0 amide bonds. The number of rotatable bonds is 6. The summed E-state index contributed by atoms with van der Waals surface area (Å²) in [4.78, 5) is 1.96. The number of aliphatic hydroxyl groups excluding tert-OH is 1. The first-order valence-electron chi connectivity index (χ1n) is 6.31. The molecule has 7 heteroatoms. The number of aromatic nitrogens is 3. The summed E-state index contributed by atoms with van der Waals surface area (Å²) in [5.41, 5.74) is 2.72. The largest absolute Gasteiger partial charge is 0.394 e. The normalized spacial score (nSPS) is 10.6. The first kappa shape index (κ1) is 14.6. The van der Waals surface area contributed by atoms with Crippen molar-refractivity contribution in [1.82, 2.24) is 15.0 Å². The number of aliphatic hydroxyl groups is 1. The molecule has 2 rings (SSSR count). The van der Waals surface area contributed by atoms with Crippen molar-refractivity contribution >= 4 is 23.0 Å². The summed E-state index contributed by atoms with van der Waals surface area (Å²) in [6.07, 6.45) is 1.80. The van der Waals surface area contributed by atoms with E-state index in [2.05, 4.69) is 15.6 Å². The van der Waals surface area contributed by atoms with Crippen LogP contribution < -0.4 is 10.2 Å². The van der Waals surface area contributed by atoms with Gasteiger partial charge in [-0.3, -0.25) is 0 Å². The van der Waals surface area contributed by atoms with Crippen molar-refractivity contribution in [1.29, 1.82) is 0 Å². The molecule has 0 atom stereocenters. The van der Waals surface area contributed by atoms with E-state index in [4.69, 9.17) is 16.7 Å². The molecule has 6 nitrogen and oxygen atoms in total. The van der Waals surface area contributed by atoms with Gasteiger partial charge in [0, 0.05) is 19.8 Å². The van der Waals surface area contributed by atoms with Crippen LogP contribution in [-0.4, -0.2) is 40.8 Å². The summed E-state index contributed by atoms with van der Waals surface area (Å²) in [6.45, 7) is 1.07. The van der Waals surface area contributed by atoms with E-state index in [1.54, 1.807) is 10.9 Å². The monoisotopic (exact) mass is 295 g/mol. The first-order valence-corrected chi connectivity index (χ1v) is 6.68. The zero-order valence-electron chi connectivity index (χ0n) is 11.5. The Morgan fingerprint density at radius 3 is 2.85 bits per heavy atom. The second-order valence-electron chi connectivity index (χ2n) is 4.61.